The molecular formula is C11H19N2O. The zero-order valence-corrected chi connectivity index (χ0v) is 8.74. The zero-order chi connectivity index (χ0) is 9.80. The smallest absolute Gasteiger partial charge is 0.312 e. The molecule has 2 rings (SSSR count). The molecule has 2 heterocycles. The lowest BCUT2D eigenvalue weighted by atomic mass is 10.0. The van der Waals surface area contributed by atoms with Crippen LogP contribution in [0.15, 0.2) is 0 Å². The van der Waals surface area contributed by atoms with Crippen LogP contribution in [0.3, 0.4) is 0 Å². The Morgan fingerprint density at radius 1 is 0.929 bits per heavy atom. The van der Waals surface area contributed by atoms with Gasteiger partial charge in [-0.25, -0.2) is 0 Å². The minimum Gasteiger partial charge on any atom is -0.334 e. The normalized spacial score (nSPS) is 26.4. The Kier molecular flexibility index (Phi) is 3.40. The van der Waals surface area contributed by atoms with E-state index in [-0.39, 0.29) is 0 Å². The number of hydrogen-bond acceptors (Lipinski definition) is 2. The van der Waals surface area contributed by atoms with Crippen LogP contribution in [-0.2, 0) is 4.79 Å². The lowest BCUT2D eigenvalue weighted by Gasteiger charge is -2.38. The lowest BCUT2D eigenvalue weighted by molar-refractivity contribution is 0.114. The minimum atomic E-state index is 0.736. The molecule has 0 spiro atoms. The van der Waals surface area contributed by atoms with E-state index < -0.39 is 0 Å². The lowest BCUT2D eigenvalue weighted by Crippen LogP contribution is -2.46. The number of hydrogen-bond donors (Lipinski definition) is 0. The molecule has 0 aromatic heterocycles. The number of piperidine rings is 2. The second-order valence-electron chi connectivity index (χ2n) is 4.41. The number of amides is 1. The highest BCUT2D eigenvalue weighted by Gasteiger charge is 2.24. The van der Waals surface area contributed by atoms with Crippen LogP contribution in [0, 0.1) is 0 Å². The standard InChI is InChI=1S/C11H19N2O/c14-10-12-8-4-11(5-9-12)13-6-2-1-3-7-13/h11H,1-9H2. The number of nitrogens with zero attached hydrogens (tertiary/aromatic N) is 2. The molecular weight excluding hydrogens is 176 g/mol. The predicted molar refractivity (Wildman–Crippen MR) is 55.7 cm³/mol. The predicted octanol–water partition coefficient (Wildman–Crippen LogP) is 1.00. The van der Waals surface area contributed by atoms with E-state index in [4.69, 9.17) is 0 Å². The summed E-state index contributed by atoms with van der Waals surface area (Å²) in [4.78, 5) is 14.8. The first kappa shape index (κ1) is 9.97. The van der Waals surface area contributed by atoms with E-state index in [2.05, 4.69) is 4.90 Å². The molecule has 0 aliphatic carbocycles. The summed E-state index contributed by atoms with van der Waals surface area (Å²) in [5.41, 5.74) is 0. The van der Waals surface area contributed by atoms with Gasteiger partial charge in [-0.05, 0) is 38.8 Å². The van der Waals surface area contributed by atoms with Gasteiger partial charge in [-0.3, -0.25) is 4.79 Å². The molecule has 2 fully saturated rings. The van der Waals surface area contributed by atoms with Gasteiger partial charge in [0.2, 0.25) is 0 Å². The molecule has 0 unspecified atom stereocenters. The van der Waals surface area contributed by atoms with Crippen molar-refractivity contribution in [2.24, 2.45) is 0 Å². The van der Waals surface area contributed by atoms with E-state index in [0.29, 0.717) is 0 Å². The van der Waals surface area contributed by atoms with Crippen molar-refractivity contribution in [3.05, 3.63) is 0 Å². The van der Waals surface area contributed by atoms with Crippen molar-refractivity contribution in [1.29, 1.82) is 0 Å². The molecule has 0 bridgehead atoms. The first-order valence-electron chi connectivity index (χ1n) is 5.77. The van der Waals surface area contributed by atoms with Crippen molar-refractivity contribution in [2.45, 2.75) is 38.1 Å². The van der Waals surface area contributed by atoms with E-state index in [1.165, 1.54) is 32.4 Å². The number of carbonyl (C=O) groups excluding carboxylic acids is 1. The van der Waals surface area contributed by atoms with E-state index in [0.717, 1.165) is 32.0 Å². The molecule has 2 saturated heterocycles. The summed E-state index contributed by atoms with van der Waals surface area (Å²) in [5.74, 6) is 0. The van der Waals surface area contributed by atoms with Crippen LogP contribution >= 0.6 is 0 Å². The van der Waals surface area contributed by atoms with Crippen LogP contribution in [0.4, 0.5) is 0 Å². The Labute approximate surface area is 86.1 Å². The van der Waals surface area contributed by atoms with Gasteiger partial charge in [-0.15, -0.1) is 0 Å². The molecule has 0 aromatic rings. The highest BCUT2D eigenvalue weighted by molar-refractivity contribution is 5.48. The van der Waals surface area contributed by atoms with Crippen molar-refractivity contribution in [2.75, 3.05) is 26.2 Å². The van der Waals surface area contributed by atoms with Crippen LogP contribution in [0.5, 0.6) is 0 Å². The van der Waals surface area contributed by atoms with Gasteiger partial charge in [0.1, 0.15) is 0 Å². The molecule has 1 radical (unpaired) electrons. The summed E-state index contributed by atoms with van der Waals surface area (Å²) in [7, 11) is 0. The third kappa shape index (κ3) is 2.27. The third-order valence-corrected chi connectivity index (χ3v) is 3.50. The Bertz CT molecular complexity index is 182. The average Bonchev–Trinajstić information content (AvgIpc) is 2.30. The Hall–Kier alpha value is -0.570. The quantitative estimate of drug-likeness (QED) is 0.656. The Balaban J connectivity index is 1.78. The molecule has 79 valence electrons. The molecule has 0 N–H and O–H groups in total. The fourth-order valence-corrected chi connectivity index (χ4v) is 2.61. The maximum atomic E-state index is 10.4. The van der Waals surface area contributed by atoms with E-state index >= 15 is 0 Å². The monoisotopic (exact) mass is 195 g/mol. The van der Waals surface area contributed by atoms with Gasteiger partial charge >= 0.3 is 6.41 Å². The van der Waals surface area contributed by atoms with Crippen molar-refractivity contribution in [1.82, 2.24) is 9.80 Å². The maximum Gasteiger partial charge on any atom is 0.312 e. The fourth-order valence-electron chi connectivity index (χ4n) is 2.61. The van der Waals surface area contributed by atoms with Crippen LogP contribution in [0.25, 0.3) is 0 Å². The summed E-state index contributed by atoms with van der Waals surface area (Å²) in [6.07, 6.45) is 8.41. The fraction of sp³-hybridized carbons (Fsp3) is 0.909. The first-order chi connectivity index (χ1) is 6.90. The van der Waals surface area contributed by atoms with Crippen molar-refractivity contribution in [3.63, 3.8) is 0 Å². The third-order valence-electron chi connectivity index (χ3n) is 3.50. The number of likely N-dealkylation sites (tertiary alicyclic amines) is 2. The molecule has 3 nitrogen and oxygen atoms in total. The largest absolute Gasteiger partial charge is 0.334 e. The SMILES string of the molecule is O=[C]N1CCC(N2CCCCC2)CC1. The van der Waals surface area contributed by atoms with Crippen LogP contribution in [0.2, 0.25) is 0 Å². The van der Waals surface area contributed by atoms with Gasteiger partial charge < -0.3 is 9.80 Å². The van der Waals surface area contributed by atoms with Crippen molar-refractivity contribution in [3.8, 4) is 0 Å². The zero-order valence-electron chi connectivity index (χ0n) is 8.74. The molecule has 2 aliphatic rings. The number of rotatable bonds is 2. The van der Waals surface area contributed by atoms with E-state index in [1.807, 2.05) is 6.41 Å². The molecule has 0 aromatic carbocycles. The topological polar surface area (TPSA) is 23.6 Å². The maximum absolute atomic E-state index is 10.4. The van der Waals surface area contributed by atoms with E-state index in [1.54, 1.807) is 4.90 Å². The van der Waals surface area contributed by atoms with Crippen LogP contribution in [-0.4, -0.2) is 48.4 Å². The van der Waals surface area contributed by atoms with Gasteiger partial charge in [-0.1, -0.05) is 6.42 Å². The Morgan fingerprint density at radius 3 is 2.14 bits per heavy atom. The second kappa shape index (κ2) is 4.78. The molecule has 0 atom stereocenters. The second-order valence-corrected chi connectivity index (χ2v) is 4.41. The molecule has 1 amide bonds. The summed E-state index contributed by atoms with van der Waals surface area (Å²) in [5, 5.41) is 0. The van der Waals surface area contributed by atoms with Crippen LogP contribution < -0.4 is 0 Å². The molecule has 0 saturated carbocycles. The molecule has 3 heteroatoms. The van der Waals surface area contributed by atoms with Crippen LogP contribution in [0.1, 0.15) is 32.1 Å². The van der Waals surface area contributed by atoms with Gasteiger partial charge in [0.15, 0.2) is 0 Å². The van der Waals surface area contributed by atoms with Gasteiger partial charge in [0, 0.05) is 19.1 Å². The van der Waals surface area contributed by atoms with Gasteiger partial charge in [-0.2, -0.15) is 0 Å². The van der Waals surface area contributed by atoms with Gasteiger partial charge in [0.25, 0.3) is 0 Å². The highest BCUT2D eigenvalue weighted by atomic mass is 16.1. The summed E-state index contributed by atoms with van der Waals surface area (Å²) < 4.78 is 0. The van der Waals surface area contributed by atoms with E-state index in [9.17, 15) is 4.79 Å². The van der Waals surface area contributed by atoms with Crippen molar-refractivity contribution >= 4 is 6.41 Å². The summed E-state index contributed by atoms with van der Waals surface area (Å²) in [6.45, 7) is 4.36. The Morgan fingerprint density at radius 2 is 1.57 bits per heavy atom. The highest BCUT2D eigenvalue weighted by Crippen LogP contribution is 2.19. The van der Waals surface area contributed by atoms with Gasteiger partial charge in [0.05, 0.1) is 0 Å². The minimum absolute atomic E-state index is 0.736. The first-order valence-corrected chi connectivity index (χ1v) is 5.77. The molecule has 2 aliphatic heterocycles. The average molecular weight is 195 g/mol. The van der Waals surface area contributed by atoms with Crippen molar-refractivity contribution < 1.29 is 4.79 Å². The molecule has 14 heavy (non-hydrogen) atoms. The summed E-state index contributed by atoms with van der Waals surface area (Å²) in [6, 6.07) is 0.736. The summed E-state index contributed by atoms with van der Waals surface area (Å²) >= 11 is 0.